The zero-order chi connectivity index (χ0) is 32.4. The van der Waals surface area contributed by atoms with Gasteiger partial charge in [-0.05, 0) is 83.2 Å². The Morgan fingerprint density at radius 3 is 2.34 bits per heavy atom. The van der Waals surface area contributed by atoms with Crippen LogP contribution in [-0.2, 0) is 16.1 Å². The maximum absolute atomic E-state index is 14.1. The molecule has 0 spiro atoms. The van der Waals surface area contributed by atoms with Gasteiger partial charge in [0.1, 0.15) is 5.75 Å². The van der Waals surface area contributed by atoms with Crippen molar-refractivity contribution >= 4 is 29.4 Å². The molecule has 0 bridgehead atoms. The van der Waals surface area contributed by atoms with Crippen LogP contribution in [0.1, 0.15) is 71.4 Å². The van der Waals surface area contributed by atoms with E-state index in [0.29, 0.717) is 37.1 Å². The monoisotopic (exact) mass is 609 g/mol. The van der Waals surface area contributed by atoms with Crippen LogP contribution in [0.2, 0.25) is 0 Å². The summed E-state index contributed by atoms with van der Waals surface area (Å²) >= 11 is 0. The minimum Gasteiger partial charge on any atom is -0.495 e. The SMILES string of the molecule is CCOC(=O)C[C@@H](C)NC[C@H](CC1CC1)N(C)C(=O)N(Cc1ccc(NC(=O)Nc2ccccc2C)c(OC)c1)C(C)(C)C. The van der Waals surface area contributed by atoms with Gasteiger partial charge >= 0.3 is 18.0 Å². The van der Waals surface area contributed by atoms with Crippen LogP contribution >= 0.6 is 0 Å². The van der Waals surface area contributed by atoms with Gasteiger partial charge in [-0.1, -0.05) is 37.1 Å². The quantitative estimate of drug-likeness (QED) is 0.214. The van der Waals surface area contributed by atoms with E-state index in [1.807, 2.05) is 87.9 Å². The van der Waals surface area contributed by atoms with Crippen molar-refractivity contribution < 1.29 is 23.9 Å². The predicted molar refractivity (Wildman–Crippen MR) is 175 cm³/mol. The first-order chi connectivity index (χ1) is 20.8. The number of esters is 1. The van der Waals surface area contributed by atoms with Gasteiger partial charge in [0.15, 0.2) is 0 Å². The fraction of sp³-hybridized carbons (Fsp3) is 0.559. The molecule has 10 heteroatoms. The number of benzene rings is 2. The lowest BCUT2D eigenvalue weighted by Crippen LogP contribution is -2.55. The highest BCUT2D eigenvalue weighted by Crippen LogP contribution is 2.35. The molecule has 0 aliphatic heterocycles. The number of likely N-dealkylation sites (N-methyl/N-ethyl adjacent to an activating group) is 1. The Morgan fingerprint density at radius 1 is 1.05 bits per heavy atom. The third-order valence-electron chi connectivity index (χ3n) is 7.92. The Morgan fingerprint density at radius 2 is 1.73 bits per heavy atom. The topological polar surface area (TPSA) is 112 Å². The lowest BCUT2D eigenvalue weighted by atomic mass is 10.0. The van der Waals surface area contributed by atoms with E-state index in [1.165, 1.54) is 12.8 Å². The van der Waals surface area contributed by atoms with Crippen LogP contribution < -0.4 is 20.7 Å². The number of urea groups is 2. The van der Waals surface area contributed by atoms with Crippen molar-refractivity contribution in [1.82, 2.24) is 15.1 Å². The third kappa shape index (κ3) is 10.4. The molecule has 2 aromatic carbocycles. The standard InChI is InChI=1S/C34H51N5O5/c1-9-44-31(40)18-24(3)35-21-27(19-25-14-15-25)38(7)33(42)39(34(4,5)6)22-26-16-17-29(30(20-26)43-8)37-32(41)36-28-13-11-10-12-23(28)2/h10-13,16-17,20,24-25,27,35H,9,14-15,18-19,21-22H2,1-8H3,(H2,36,37,41)/t24-,27+/m1/s1. The van der Waals surface area contributed by atoms with Crippen molar-refractivity contribution in [3.8, 4) is 5.75 Å². The molecule has 3 rings (SSSR count). The second kappa shape index (κ2) is 15.8. The summed E-state index contributed by atoms with van der Waals surface area (Å²) in [6.45, 7) is 13.1. The number of rotatable bonds is 14. The Bertz CT molecular complexity index is 1270. The van der Waals surface area contributed by atoms with Crippen molar-refractivity contribution in [2.24, 2.45) is 5.92 Å². The van der Waals surface area contributed by atoms with E-state index in [4.69, 9.17) is 9.47 Å². The summed E-state index contributed by atoms with van der Waals surface area (Å²) in [7, 11) is 3.43. The van der Waals surface area contributed by atoms with Gasteiger partial charge in [0.25, 0.3) is 0 Å². The number of anilines is 2. The first kappa shape index (κ1) is 34.7. The molecule has 0 saturated heterocycles. The number of hydrogen-bond acceptors (Lipinski definition) is 6. The van der Waals surface area contributed by atoms with Gasteiger partial charge < -0.3 is 35.2 Å². The molecule has 0 aromatic heterocycles. The first-order valence-corrected chi connectivity index (χ1v) is 15.6. The molecular formula is C34H51N5O5. The minimum absolute atomic E-state index is 0.0163. The summed E-state index contributed by atoms with van der Waals surface area (Å²) in [6.07, 6.45) is 3.57. The lowest BCUT2D eigenvalue weighted by Gasteiger charge is -2.41. The van der Waals surface area contributed by atoms with Gasteiger partial charge in [-0.15, -0.1) is 0 Å². The van der Waals surface area contributed by atoms with Crippen molar-refractivity contribution in [3.05, 3.63) is 53.6 Å². The fourth-order valence-electron chi connectivity index (χ4n) is 5.04. The number of carbonyl (C=O) groups excluding carboxylic acids is 3. The van der Waals surface area contributed by atoms with Gasteiger partial charge in [-0.25, -0.2) is 9.59 Å². The highest BCUT2D eigenvalue weighted by atomic mass is 16.5. The molecule has 1 aliphatic rings. The van der Waals surface area contributed by atoms with Gasteiger partial charge in [-0.2, -0.15) is 0 Å². The van der Waals surface area contributed by atoms with Gasteiger partial charge in [0.05, 0.1) is 25.8 Å². The molecule has 242 valence electrons. The lowest BCUT2D eigenvalue weighted by molar-refractivity contribution is -0.143. The Balaban J connectivity index is 1.71. The summed E-state index contributed by atoms with van der Waals surface area (Å²) in [6, 6.07) is 12.6. The van der Waals surface area contributed by atoms with Crippen LogP contribution in [0.3, 0.4) is 0 Å². The number of nitrogens with one attached hydrogen (secondary N) is 3. The number of carbonyl (C=O) groups is 3. The number of para-hydroxylation sites is 1. The smallest absolute Gasteiger partial charge is 0.323 e. The minimum atomic E-state index is -0.461. The molecular weight excluding hydrogens is 558 g/mol. The zero-order valence-electron chi connectivity index (χ0n) is 27.7. The second-order valence-electron chi connectivity index (χ2n) is 12.7. The number of methoxy groups -OCH3 is 1. The summed E-state index contributed by atoms with van der Waals surface area (Å²) in [5, 5.41) is 9.20. The number of amides is 4. The zero-order valence-corrected chi connectivity index (χ0v) is 27.7. The number of ether oxygens (including phenoxy) is 2. The van der Waals surface area contributed by atoms with E-state index >= 15 is 0 Å². The van der Waals surface area contributed by atoms with Gasteiger partial charge in [-0.3, -0.25) is 4.79 Å². The van der Waals surface area contributed by atoms with Crippen molar-refractivity contribution in [3.63, 3.8) is 0 Å². The Hall–Kier alpha value is -3.79. The molecule has 2 atom stereocenters. The molecule has 1 saturated carbocycles. The summed E-state index contributed by atoms with van der Waals surface area (Å²) < 4.78 is 10.7. The largest absolute Gasteiger partial charge is 0.495 e. The van der Waals surface area contributed by atoms with E-state index in [9.17, 15) is 14.4 Å². The molecule has 4 amide bonds. The Kier molecular flexibility index (Phi) is 12.5. The van der Waals surface area contributed by atoms with Crippen molar-refractivity contribution in [2.45, 2.75) is 91.4 Å². The van der Waals surface area contributed by atoms with Crippen LogP contribution in [0, 0.1) is 12.8 Å². The average molecular weight is 610 g/mol. The van der Waals surface area contributed by atoms with E-state index in [1.54, 1.807) is 20.1 Å². The first-order valence-electron chi connectivity index (χ1n) is 15.6. The van der Waals surface area contributed by atoms with Crippen LogP contribution in [0.25, 0.3) is 0 Å². The molecule has 3 N–H and O–H groups in total. The Labute approximate surface area is 262 Å². The number of hydrogen-bond donors (Lipinski definition) is 3. The van der Waals surface area contributed by atoms with Crippen molar-refractivity contribution in [1.29, 1.82) is 0 Å². The van der Waals surface area contributed by atoms with Gasteiger partial charge in [0.2, 0.25) is 0 Å². The van der Waals surface area contributed by atoms with Crippen LogP contribution in [0.5, 0.6) is 5.75 Å². The predicted octanol–water partition coefficient (Wildman–Crippen LogP) is 6.40. The highest BCUT2D eigenvalue weighted by molar-refractivity contribution is 6.01. The van der Waals surface area contributed by atoms with Crippen LogP contribution in [0.15, 0.2) is 42.5 Å². The molecule has 1 aliphatic carbocycles. The molecule has 0 unspecified atom stereocenters. The van der Waals surface area contributed by atoms with E-state index < -0.39 is 5.54 Å². The van der Waals surface area contributed by atoms with E-state index in [-0.39, 0.29) is 36.5 Å². The summed E-state index contributed by atoms with van der Waals surface area (Å²) in [5.41, 5.74) is 2.64. The fourth-order valence-corrected chi connectivity index (χ4v) is 5.04. The molecule has 10 nitrogen and oxygen atoms in total. The second-order valence-corrected chi connectivity index (χ2v) is 12.7. The molecule has 1 fully saturated rings. The highest BCUT2D eigenvalue weighted by Gasteiger charge is 2.35. The van der Waals surface area contributed by atoms with Crippen molar-refractivity contribution in [2.75, 3.05) is 37.9 Å². The van der Waals surface area contributed by atoms with E-state index in [0.717, 1.165) is 23.2 Å². The normalized spacial score (nSPS) is 14.3. The molecule has 0 radical (unpaired) electrons. The maximum Gasteiger partial charge on any atom is 0.323 e. The average Bonchev–Trinajstić information content (AvgIpc) is 3.78. The number of nitrogens with zero attached hydrogens (tertiary/aromatic N) is 2. The van der Waals surface area contributed by atoms with Crippen LogP contribution in [0.4, 0.5) is 21.0 Å². The number of aryl methyl sites for hydroxylation is 1. The maximum atomic E-state index is 14.1. The summed E-state index contributed by atoms with van der Waals surface area (Å²) in [5.74, 6) is 0.898. The summed E-state index contributed by atoms with van der Waals surface area (Å²) in [4.78, 5) is 42.4. The molecule has 44 heavy (non-hydrogen) atoms. The van der Waals surface area contributed by atoms with Gasteiger partial charge in [0, 0.05) is 43.4 Å². The van der Waals surface area contributed by atoms with Crippen LogP contribution in [-0.4, -0.2) is 72.8 Å². The third-order valence-corrected chi connectivity index (χ3v) is 7.92. The molecule has 2 aromatic rings. The molecule has 0 heterocycles. The van der Waals surface area contributed by atoms with E-state index in [2.05, 4.69) is 16.0 Å².